The Morgan fingerprint density at radius 2 is 1.84 bits per heavy atom. The minimum Gasteiger partial charge on any atom is -0.314 e. The molecule has 0 aliphatic rings. The number of rotatable bonds is 6. The third-order valence-electron chi connectivity index (χ3n) is 3.65. The normalized spacial score (nSPS) is 14.4. The predicted octanol–water partition coefficient (Wildman–Crippen LogP) is 3.67. The van der Waals surface area contributed by atoms with Gasteiger partial charge in [0.25, 0.3) is 0 Å². The molecule has 1 rings (SSSR count). The molecule has 0 saturated heterocycles. The molecule has 1 unspecified atom stereocenters. The zero-order valence-corrected chi connectivity index (χ0v) is 13.7. The Bertz CT molecular complexity index is 372. The van der Waals surface area contributed by atoms with E-state index in [1.54, 1.807) is 0 Å². The van der Waals surface area contributed by atoms with E-state index in [1.165, 1.54) is 5.69 Å². The van der Waals surface area contributed by atoms with Gasteiger partial charge in [-0.1, -0.05) is 34.6 Å². The molecular weight excluding hydrogens is 234 g/mol. The van der Waals surface area contributed by atoms with E-state index in [2.05, 4.69) is 71.1 Å². The van der Waals surface area contributed by atoms with Gasteiger partial charge in [0.1, 0.15) is 0 Å². The van der Waals surface area contributed by atoms with E-state index in [1.807, 2.05) is 4.68 Å². The highest BCUT2D eigenvalue weighted by Crippen LogP contribution is 2.28. The molecule has 0 spiro atoms. The second-order valence-corrected chi connectivity index (χ2v) is 7.21. The van der Waals surface area contributed by atoms with Crippen molar-refractivity contribution in [3.05, 3.63) is 18.0 Å². The van der Waals surface area contributed by atoms with Crippen molar-refractivity contribution >= 4 is 0 Å². The molecule has 1 heterocycles. The maximum absolute atomic E-state index is 4.68. The second-order valence-electron chi connectivity index (χ2n) is 7.21. The van der Waals surface area contributed by atoms with Crippen LogP contribution in [0.3, 0.4) is 0 Å². The maximum Gasteiger partial charge on any atom is 0.0628 e. The molecule has 0 bridgehead atoms. The molecule has 1 aromatic heterocycles. The topological polar surface area (TPSA) is 29.9 Å². The number of nitrogens with zero attached hydrogens (tertiary/aromatic N) is 2. The highest BCUT2D eigenvalue weighted by molar-refractivity contribution is 5.02. The molecule has 0 amide bonds. The van der Waals surface area contributed by atoms with Crippen LogP contribution in [0, 0.1) is 11.3 Å². The van der Waals surface area contributed by atoms with Gasteiger partial charge in [-0.2, -0.15) is 5.10 Å². The van der Waals surface area contributed by atoms with Crippen LogP contribution in [0.5, 0.6) is 0 Å². The van der Waals surface area contributed by atoms with Gasteiger partial charge in [-0.15, -0.1) is 0 Å². The summed E-state index contributed by atoms with van der Waals surface area (Å²) in [6.45, 7) is 16.7. The van der Waals surface area contributed by atoms with Crippen LogP contribution < -0.4 is 5.32 Å². The van der Waals surface area contributed by atoms with E-state index >= 15 is 0 Å². The smallest absolute Gasteiger partial charge is 0.0628 e. The lowest BCUT2D eigenvalue weighted by molar-refractivity contribution is 0.224. The minimum atomic E-state index is 0.295. The van der Waals surface area contributed by atoms with Crippen molar-refractivity contribution in [1.82, 2.24) is 15.1 Å². The van der Waals surface area contributed by atoms with E-state index in [0.717, 1.165) is 13.0 Å². The molecule has 110 valence electrons. The molecule has 3 nitrogen and oxygen atoms in total. The van der Waals surface area contributed by atoms with Gasteiger partial charge in [-0.25, -0.2) is 0 Å². The zero-order valence-electron chi connectivity index (χ0n) is 13.7. The van der Waals surface area contributed by atoms with Gasteiger partial charge in [-0.3, -0.25) is 4.68 Å². The highest BCUT2D eigenvalue weighted by Gasteiger charge is 2.25. The Hall–Kier alpha value is -0.830. The summed E-state index contributed by atoms with van der Waals surface area (Å²) >= 11 is 0. The summed E-state index contributed by atoms with van der Waals surface area (Å²) in [5.41, 5.74) is 1.50. The monoisotopic (exact) mass is 265 g/mol. The standard InChI is InChI=1S/C16H31N3/c1-12(2)17-11-14(16(5,6)7)10-15-8-9-19(18-15)13(3)4/h8-9,12-14,17H,10-11H2,1-7H3. The summed E-state index contributed by atoms with van der Waals surface area (Å²) in [4.78, 5) is 0. The van der Waals surface area contributed by atoms with Crippen molar-refractivity contribution in [3.63, 3.8) is 0 Å². The first-order valence-electron chi connectivity index (χ1n) is 7.47. The second kappa shape index (κ2) is 6.56. The van der Waals surface area contributed by atoms with Gasteiger partial charge >= 0.3 is 0 Å². The van der Waals surface area contributed by atoms with Gasteiger partial charge in [-0.05, 0) is 44.2 Å². The molecule has 0 aromatic carbocycles. The third-order valence-corrected chi connectivity index (χ3v) is 3.65. The predicted molar refractivity (Wildman–Crippen MR) is 82.4 cm³/mol. The van der Waals surface area contributed by atoms with Gasteiger partial charge in [0, 0.05) is 18.3 Å². The van der Waals surface area contributed by atoms with Crippen LogP contribution in [0.1, 0.15) is 60.2 Å². The van der Waals surface area contributed by atoms with Gasteiger partial charge < -0.3 is 5.32 Å². The first-order valence-corrected chi connectivity index (χ1v) is 7.47. The van der Waals surface area contributed by atoms with Crippen LogP contribution in [0.15, 0.2) is 12.3 Å². The first kappa shape index (κ1) is 16.2. The number of hydrogen-bond acceptors (Lipinski definition) is 2. The summed E-state index contributed by atoms with van der Waals surface area (Å²) in [6, 6.07) is 3.14. The van der Waals surface area contributed by atoms with Crippen molar-refractivity contribution in [1.29, 1.82) is 0 Å². The molecule has 0 aliphatic carbocycles. The number of hydrogen-bond donors (Lipinski definition) is 1. The summed E-state index contributed by atoms with van der Waals surface area (Å²) in [5.74, 6) is 0.602. The SMILES string of the molecule is CC(C)NCC(Cc1ccn(C(C)C)n1)C(C)(C)C. The summed E-state index contributed by atoms with van der Waals surface area (Å²) in [5, 5.41) is 8.25. The van der Waals surface area contributed by atoms with Gasteiger partial charge in [0.15, 0.2) is 0 Å². The Labute approximate surface area is 118 Å². The lowest BCUT2D eigenvalue weighted by Crippen LogP contribution is -2.36. The van der Waals surface area contributed by atoms with Crippen LogP contribution in [0.4, 0.5) is 0 Å². The molecular formula is C16H31N3. The van der Waals surface area contributed by atoms with Crippen molar-refractivity contribution in [2.24, 2.45) is 11.3 Å². The Kier molecular flexibility index (Phi) is 5.60. The fraction of sp³-hybridized carbons (Fsp3) is 0.812. The molecule has 0 radical (unpaired) electrons. The molecule has 0 saturated carbocycles. The maximum atomic E-state index is 4.68. The van der Waals surface area contributed by atoms with E-state index in [9.17, 15) is 0 Å². The average Bonchev–Trinajstić information content (AvgIpc) is 2.70. The molecule has 1 N–H and O–H groups in total. The summed E-state index contributed by atoms with van der Waals surface area (Å²) in [7, 11) is 0. The molecule has 1 aromatic rings. The van der Waals surface area contributed by atoms with E-state index in [0.29, 0.717) is 23.4 Å². The molecule has 0 aliphatic heterocycles. The summed E-state index contributed by atoms with van der Waals surface area (Å²) in [6.07, 6.45) is 3.14. The van der Waals surface area contributed by atoms with Crippen molar-refractivity contribution in [3.8, 4) is 0 Å². The highest BCUT2D eigenvalue weighted by atomic mass is 15.3. The van der Waals surface area contributed by atoms with E-state index in [-0.39, 0.29) is 0 Å². The van der Waals surface area contributed by atoms with E-state index < -0.39 is 0 Å². The Balaban J connectivity index is 2.70. The van der Waals surface area contributed by atoms with Gasteiger partial charge in [0.05, 0.1) is 5.69 Å². The lowest BCUT2D eigenvalue weighted by Gasteiger charge is -2.31. The fourth-order valence-corrected chi connectivity index (χ4v) is 2.09. The van der Waals surface area contributed by atoms with Crippen LogP contribution in [-0.2, 0) is 6.42 Å². The van der Waals surface area contributed by atoms with Crippen molar-refractivity contribution < 1.29 is 0 Å². The van der Waals surface area contributed by atoms with Crippen molar-refractivity contribution in [2.75, 3.05) is 6.54 Å². The zero-order chi connectivity index (χ0) is 14.6. The molecule has 19 heavy (non-hydrogen) atoms. The molecule has 1 atom stereocenters. The van der Waals surface area contributed by atoms with Gasteiger partial charge in [0.2, 0.25) is 0 Å². The Morgan fingerprint density at radius 3 is 2.26 bits per heavy atom. The minimum absolute atomic E-state index is 0.295. The fourth-order valence-electron chi connectivity index (χ4n) is 2.09. The van der Waals surface area contributed by atoms with Crippen LogP contribution >= 0.6 is 0 Å². The summed E-state index contributed by atoms with van der Waals surface area (Å²) < 4.78 is 2.05. The van der Waals surface area contributed by atoms with Crippen molar-refractivity contribution in [2.45, 2.75) is 67.0 Å². The molecule has 3 heteroatoms. The van der Waals surface area contributed by atoms with Crippen LogP contribution in [0.25, 0.3) is 0 Å². The molecule has 0 fully saturated rings. The largest absolute Gasteiger partial charge is 0.314 e. The number of nitrogens with one attached hydrogen (secondary N) is 1. The third kappa shape index (κ3) is 5.35. The Morgan fingerprint density at radius 1 is 1.21 bits per heavy atom. The average molecular weight is 265 g/mol. The first-order chi connectivity index (χ1) is 8.70. The number of aromatic nitrogens is 2. The lowest BCUT2D eigenvalue weighted by atomic mass is 9.78. The quantitative estimate of drug-likeness (QED) is 0.850. The van der Waals surface area contributed by atoms with Crippen LogP contribution in [0.2, 0.25) is 0 Å². The van der Waals surface area contributed by atoms with Crippen LogP contribution in [-0.4, -0.2) is 22.4 Å². The van der Waals surface area contributed by atoms with E-state index in [4.69, 9.17) is 0 Å².